The van der Waals surface area contributed by atoms with Crippen molar-refractivity contribution in [2.75, 3.05) is 27.2 Å². The Kier molecular flexibility index (Phi) is 12.2. The molecule has 3 N–H and O–H groups in total. The molecule has 1 unspecified atom stereocenters. The van der Waals surface area contributed by atoms with Crippen LogP contribution in [0.2, 0.25) is 0 Å². The molecule has 1 rings (SSSR count). The van der Waals surface area contributed by atoms with E-state index < -0.39 is 23.1 Å². The minimum Gasteiger partial charge on any atom is -0.354 e. The molecule has 1 aromatic rings. The summed E-state index contributed by atoms with van der Waals surface area (Å²) in [5.41, 5.74) is 5.09. The molecule has 1 amide bonds. The molecule has 1 aromatic carbocycles. The van der Waals surface area contributed by atoms with E-state index in [-0.39, 0.29) is 49.4 Å². The number of benzene rings is 1. The van der Waals surface area contributed by atoms with Gasteiger partial charge < -0.3 is 16.0 Å². The number of carbonyl (C=O) groups is 1. The van der Waals surface area contributed by atoms with Gasteiger partial charge in [0.05, 0.1) is 11.5 Å². The Morgan fingerprint density at radius 3 is 2.04 bits per heavy atom. The number of halogens is 4. The minimum atomic E-state index is -0.634. The molecule has 1 atom stereocenters. The van der Waals surface area contributed by atoms with Gasteiger partial charge in [-0.05, 0) is 39.1 Å². The molecule has 0 radical (unpaired) electrons. The Morgan fingerprint density at radius 2 is 1.68 bits per heavy atom. The number of nitrogens with one attached hydrogen (secondary N) is 1. The molecule has 0 saturated heterocycles. The first-order chi connectivity index (χ1) is 10.8. The van der Waals surface area contributed by atoms with Gasteiger partial charge in [-0.15, -0.1) is 24.8 Å². The fourth-order valence-electron chi connectivity index (χ4n) is 2.70. The maximum Gasteiger partial charge on any atom is 0.227 e. The minimum absolute atomic E-state index is 0. The molecule has 0 bridgehead atoms. The second-order valence-electron chi connectivity index (χ2n) is 6.02. The molecule has 0 aromatic heterocycles. The van der Waals surface area contributed by atoms with Crippen LogP contribution in [0.5, 0.6) is 0 Å². The molecule has 0 spiro atoms. The molecule has 0 aliphatic carbocycles. The highest BCUT2D eigenvalue weighted by Gasteiger charge is 2.34. The first-order valence-corrected chi connectivity index (χ1v) is 7.91. The van der Waals surface area contributed by atoms with Crippen molar-refractivity contribution in [3.63, 3.8) is 0 Å². The first kappa shape index (κ1) is 26.3. The lowest BCUT2D eigenvalue weighted by Gasteiger charge is -2.31. The molecular formula is C17H29Cl2F2N3O. The maximum absolute atomic E-state index is 14.0. The summed E-state index contributed by atoms with van der Waals surface area (Å²) in [4.78, 5) is 14.2. The van der Waals surface area contributed by atoms with Crippen LogP contribution in [0.3, 0.4) is 0 Å². The van der Waals surface area contributed by atoms with E-state index in [1.807, 2.05) is 13.8 Å². The van der Waals surface area contributed by atoms with Crippen molar-refractivity contribution in [1.29, 1.82) is 0 Å². The summed E-state index contributed by atoms with van der Waals surface area (Å²) in [6.07, 6.45) is 1.24. The summed E-state index contributed by atoms with van der Waals surface area (Å²) in [6.45, 7) is 4.18. The third kappa shape index (κ3) is 6.06. The standard InChI is InChI=1S/C17H27F2N3O.2ClH/c1-5-17(6-2,11-20)16(23)21-10-14(22(3)4)15-12(18)8-7-9-13(15)19;;/h7-9,14H,5-6,10-11,20H2,1-4H3,(H,21,23);2*1H. The van der Waals surface area contributed by atoms with Gasteiger partial charge >= 0.3 is 0 Å². The number of hydrogen-bond acceptors (Lipinski definition) is 3. The van der Waals surface area contributed by atoms with Crippen LogP contribution in [0.4, 0.5) is 8.78 Å². The average molecular weight is 400 g/mol. The molecule has 0 fully saturated rings. The summed E-state index contributed by atoms with van der Waals surface area (Å²) in [5.74, 6) is -1.41. The maximum atomic E-state index is 14.0. The summed E-state index contributed by atoms with van der Waals surface area (Å²) >= 11 is 0. The second-order valence-corrected chi connectivity index (χ2v) is 6.02. The van der Waals surface area contributed by atoms with E-state index >= 15 is 0 Å². The zero-order valence-electron chi connectivity index (χ0n) is 15.1. The summed E-state index contributed by atoms with van der Waals surface area (Å²) < 4.78 is 28.0. The van der Waals surface area contributed by atoms with E-state index in [1.165, 1.54) is 18.2 Å². The van der Waals surface area contributed by atoms with E-state index in [9.17, 15) is 13.6 Å². The van der Waals surface area contributed by atoms with Crippen LogP contribution in [-0.4, -0.2) is 38.0 Å². The van der Waals surface area contributed by atoms with Crippen molar-refractivity contribution < 1.29 is 13.6 Å². The number of likely N-dealkylation sites (N-methyl/N-ethyl adjacent to an activating group) is 1. The zero-order chi connectivity index (χ0) is 17.6. The fraction of sp³-hybridized carbons (Fsp3) is 0.588. The van der Waals surface area contributed by atoms with Crippen molar-refractivity contribution >= 4 is 30.7 Å². The van der Waals surface area contributed by atoms with Crippen LogP contribution in [0.15, 0.2) is 18.2 Å². The number of rotatable bonds is 8. The van der Waals surface area contributed by atoms with Crippen LogP contribution in [-0.2, 0) is 4.79 Å². The Hall–Kier alpha value is -0.950. The predicted octanol–water partition coefficient (Wildman–Crippen LogP) is 3.29. The van der Waals surface area contributed by atoms with Gasteiger partial charge in [0.25, 0.3) is 0 Å². The quantitative estimate of drug-likeness (QED) is 0.704. The SMILES string of the molecule is CCC(CC)(CN)C(=O)NCC(c1c(F)cccc1F)N(C)C.Cl.Cl. The third-order valence-corrected chi connectivity index (χ3v) is 4.64. The Balaban J connectivity index is 0. The van der Waals surface area contributed by atoms with Gasteiger partial charge in [-0.1, -0.05) is 19.9 Å². The zero-order valence-corrected chi connectivity index (χ0v) is 16.8. The van der Waals surface area contributed by atoms with Crippen molar-refractivity contribution in [3.8, 4) is 0 Å². The number of carbonyl (C=O) groups excluding carboxylic acids is 1. The molecule has 0 saturated carbocycles. The lowest BCUT2D eigenvalue weighted by atomic mass is 9.81. The molecule has 8 heteroatoms. The highest BCUT2D eigenvalue weighted by Crippen LogP contribution is 2.27. The van der Waals surface area contributed by atoms with Crippen LogP contribution in [0, 0.1) is 17.0 Å². The van der Waals surface area contributed by atoms with Crippen LogP contribution >= 0.6 is 24.8 Å². The number of nitrogens with two attached hydrogens (primary N) is 1. The topological polar surface area (TPSA) is 58.4 Å². The van der Waals surface area contributed by atoms with Crippen molar-refractivity contribution in [3.05, 3.63) is 35.4 Å². The average Bonchev–Trinajstić information content (AvgIpc) is 2.52. The van der Waals surface area contributed by atoms with Crippen molar-refractivity contribution in [2.24, 2.45) is 11.1 Å². The van der Waals surface area contributed by atoms with Crippen LogP contribution < -0.4 is 11.1 Å². The first-order valence-electron chi connectivity index (χ1n) is 7.91. The van der Waals surface area contributed by atoms with Crippen molar-refractivity contribution in [1.82, 2.24) is 10.2 Å². The van der Waals surface area contributed by atoms with E-state index in [2.05, 4.69) is 5.32 Å². The van der Waals surface area contributed by atoms with Gasteiger partial charge in [0, 0.05) is 18.7 Å². The van der Waals surface area contributed by atoms with E-state index in [0.29, 0.717) is 12.8 Å². The van der Waals surface area contributed by atoms with Crippen LogP contribution in [0.25, 0.3) is 0 Å². The summed E-state index contributed by atoms with van der Waals surface area (Å²) in [5, 5.41) is 2.82. The molecule has 0 heterocycles. The molecule has 4 nitrogen and oxygen atoms in total. The van der Waals surface area contributed by atoms with Gasteiger partial charge in [-0.3, -0.25) is 4.79 Å². The lowest BCUT2D eigenvalue weighted by molar-refractivity contribution is -0.131. The Bertz CT molecular complexity index is 512. The molecule has 0 aliphatic heterocycles. The molecule has 146 valence electrons. The Labute approximate surface area is 161 Å². The smallest absolute Gasteiger partial charge is 0.227 e. The summed E-state index contributed by atoms with van der Waals surface area (Å²) in [6, 6.07) is 3.18. The number of hydrogen-bond donors (Lipinski definition) is 2. The summed E-state index contributed by atoms with van der Waals surface area (Å²) in [7, 11) is 3.44. The van der Waals surface area contributed by atoms with E-state index in [0.717, 1.165) is 0 Å². The van der Waals surface area contributed by atoms with Gasteiger partial charge in [0.2, 0.25) is 5.91 Å². The molecule has 25 heavy (non-hydrogen) atoms. The van der Waals surface area contributed by atoms with Crippen molar-refractivity contribution in [2.45, 2.75) is 32.7 Å². The lowest BCUT2D eigenvalue weighted by Crippen LogP contribution is -2.47. The molecular weight excluding hydrogens is 371 g/mol. The van der Waals surface area contributed by atoms with Crippen LogP contribution in [0.1, 0.15) is 38.3 Å². The van der Waals surface area contributed by atoms with Gasteiger partial charge in [-0.2, -0.15) is 0 Å². The van der Waals surface area contributed by atoms with E-state index in [4.69, 9.17) is 5.73 Å². The van der Waals surface area contributed by atoms with Gasteiger partial charge in [0.15, 0.2) is 0 Å². The second kappa shape index (κ2) is 11.6. The molecule has 0 aliphatic rings. The van der Waals surface area contributed by atoms with Gasteiger partial charge in [0.1, 0.15) is 11.6 Å². The van der Waals surface area contributed by atoms with Gasteiger partial charge in [-0.25, -0.2) is 8.78 Å². The number of amides is 1. The number of nitrogens with zero attached hydrogens (tertiary/aromatic N) is 1. The predicted molar refractivity (Wildman–Crippen MR) is 102 cm³/mol. The monoisotopic (exact) mass is 399 g/mol. The van der Waals surface area contributed by atoms with E-state index in [1.54, 1.807) is 19.0 Å². The normalized spacial score (nSPS) is 12.2. The fourth-order valence-corrected chi connectivity index (χ4v) is 2.70. The third-order valence-electron chi connectivity index (χ3n) is 4.64. The highest BCUT2D eigenvalue weighted by atomic mass is 35.5. The Morgan fingerprint density at radius 1 is 1.20 bits per heavy atom. The largest absolute Gasteiger partial charge is 0.354 e. The highest BCUT2D eigenvalue weighted by molar-refractivity contribution is 5.85.